The number of hydrogen-bond donors (Lipinski definition) is 1. The van der Waals surface area contributed by atoms with E-state index in [1.807, 2.05) is 25.3 Å². The zero-order valence-electron chi connectivity index (χ0n) is 12.3. The first-order chi connectivity index (χ1) is 9.74. The smallest absolute Gasteiger partial charge is 0.123 e. The van der Waals surface area contributed by atoms with Crippen molar-refractivity contribution in [2.75, 3.05) is 13.2 Å². The quantitative estimate of drug-likeness (QED) is 0.827. The summed E-state index contributed by atoms with van der Waals surface area (Å²) in [7, 11) is 0. The van der Waals surface area contributed by atoms with Gasteiger partial charge in [-0.3, -0.25) is 0 Å². The second-order valence-corrected chi connectivity index (χ2v) is 5.77. The first-order valence-corrected chi connectivity index (χ1v) is 7.98. The molecule has 0 radical (unpaired) electrons. The summed E-state index contributed by atoms with van der Waals surface area (Å²) in [5.41, 5.74) is 1.12. The molecule has 0 bridgehead atoms. The Morgan fingerprint density at radius 2 is 2.20 bits per heavy atom. The van der Waals surface area contributed by atoms with Crippen molar-refractivity contribution in [1.82, 2.24) is 10.3 Å². The molecule has 0 fully saturated rings. The molecule has 0 saturated carbocycles. The summed E-state index contributed by atoms with van der Waals surface area (Å²) >= 11 is 1.74. The summed E-state index contributed by atoms with van der Waals surface area (Å²) < 4.78 is 5.54. The van der Waals surface area contributed by atoms with Gasteiger partial charge < -0.3 is 10.1 Å². The van der Waals surface area contributed by atoms with E-state index >= 15 is 0 Å². The van der Waals surface area contributed by atoms with Gasteiger partial charge >= 0.3 is 0 Å². The Labute approximate surface area is 125 Å². The first kappa shape index (κ1) is 15.0. The van der Waals surface area contributed by atoms with Crippen LogP contribution >= 0.6 is 11.3 Å². The van der Waals surface area contributed by atoms with Crippen molar-refractivity contribution < 1.29 is 4.74 Å². The molecule has 0 amide bonds. The second kappa shape index (κ2) is 7.41. The van der Waals surface area contributed by atoms with Crippen LogP contribution in [0.3, 0.4) is 0 Å². The van der Waals surface area contributed by atoms with Gasteiger partial charge in [-0.15, -0.1) is 11.3 Å². The van der Waals surface area contributed by atoms with Crippen LogP contribution in [0.15, 0.2) is 30.5 Å². The normalized spacial score (nSPS) is 12.3. The van der Waals surface area contributed by atoms with E-state index in [1.165, 1.54) is 4.88 Å². The molecular weight excluding hydrogens is 268 g/mol. The fourth-order valence-corrected chi connectivity index (χ4v) is 2.91. The highest BCUT2D eigenvalue weighted by atomic mass is 32.1. The Morgan fingerprint density at radius 3 is 2.95 bits per heavy atom. The van der Waals surface area contributed by atoms with Crippen LogP contribution in [0.5, 0.6) is 5.75 Å². The van der Waals surface area contributed by atoms with E-state index < -0.39 is 0 Å². The van der Waals surface area contributed by atoms with E-state index in [-0.39, 0.29) is 0 Å². The number of rotatable bonds is 7. The molecule has 0 spiro atoms. The number of ether oxygens (including phenoxy) is 1. The average Bonchev–Trinajstić information content (AvgIpc) is 2.95. The largest absolute Gasteiger partial charge is 0.494 e. The van der Waals surface area contributed by atoms with Gasteiger partial charge in [-0.05, 0) is 38.9 Å². The molecule has 2 aromatic rings. The van der Waals surface area contributed by atoms with Crippen molar-refractivity contribution in [3.05, 3.63) is 35.3 Å². The van der Waals surface area contributed by atoms with E-state index in [1.54, 1.807) is 11.3 Å². The summed E-state index contributed by atoms with van der Waals surface area (Å²) in [6.07, 6.45) is 3.12. The molecule has 1 aromatic heterocycles. The summed E-state index contributed by atoms with van der Waals surface area (Å²) in [4.78, 5) is 5.81. The number of hydrogen-bond acceptors (Lipinski definition) is 4. The highest BCUT2D eigenvalue weighted by Gasteiger charge is 2.10. The standard InChI is InChI=1S/C16H22N2OS/c1-4-9-17-12(3)15-11-18-16(20-15)13-7-6-8-14(10-13)19-5-2/h6-8,10-12,17H,4-5,9H2,1-3H3. The van der Waals surface area contributed by atoms with Gasteiger partial charge in [0.15, 0.2) is 0 Å². The molecule has 0 aliphatic rings. The minimum absolute atomic E-state index is 0.358. The lowest BCUT2D eigenvalue weighted by atomic mass is 10.2. The third-order valence-electron chi connectivity index (χ3n) is 3.04. The molecule has 0 aliphatic heterocycles. The van der Waals surface area contributed by atoms with Crippen LogP contribution in [0.1, 0.15) is 38.1 Å². The number of aromatic nitrogens is 1. The number of benzene rings is 1. The van der Waals surface area contributed by atoms with E-state index in [0.29, 0.717) is 12.6 Å². The lowest BCUT2D eigenvalue weighted by Gasteiger charge is -2.09. The van der Waals surface area contributed by atoms with Crippen molar-refractivity contribution in [3.63, 3.8) is 0 Å². The molecule has 1 aromatic carbocycles. The van der Waals surface area contributed by atoms with Gasteiger partial charge in [0.05, 0.1) is 6.61 Å². The number of thiazole rings is 1. The SMILES string of the molecule is CCCNC(C)c1cnc(-c2cccc(OCC)c2)s1. The summed E-state index contributed by atoms with van der Waals surface area (Å²) in [6, 6.07) is 8.48. The highest BCUT2D eigenvalue weighted by Crippen LogP contribution is 2.30. The zero-order chi connectivity index (χ0) is 14.4. The van der Waals surface area contributed by atoms with E-state index in [2.05, 4.69) is 36.3 Å². The molecule has 1 N–H and O–H groups in total. The Morgan fingerprint density at radius 1 is 1.35 bits per heavy atom. The van der Waals surface area contributed by atoms with Crippen molar-refractivity contribution in [3.8, 4) is 16.3 Å². The summed E-state index contributed by atoms with van der Waals surface area (Å²) in [6.45, 7) is 8.08. The van der Waals surface area contributed by atoms with E-state index in [4.69, 9.17) is 4.74 Å². The van der Waals surface area contributed by atoms with Crippen LogP contribution in [0.4, 0.5) is 0 Å². The van der Waals surface area contributed by atoms with Gasteiger partial charge in [-0.2, -0.15) is 0 Å². The van der Waals surface area contributed by atoms with Gasteiger partial charge in [-0.1, -0.05) is 19.1 Å². The fourth-order valence-electron chi connectivity index (χ4n) is 1.97. The Bertz CT molecular complexity index is 539. The molecule has 3 nitrogen and oxygen atoms in total. The van der Waals surface area contributed by atoms with Gasteiger partial charge in [0, 0.05) is 22.7 Å². The third kappa shape index (κ3) is 3.81. The molecule has 1 heterocycles. The van der Waals surface area contributed by atoms with Crippen molar-refractivity contribution in [2.45, 2.75) is 33.2 Å². The molecule has 1 unspecified atom stereocenters. The second-order valence-electron chi connectivity index (χ2n) is 4.70. The van der Waals surface area contributed by atoms with Gasteiger partial charge in [-0.25, -0.2) is 4.98 Å². The monoisotopic (exact) mass is 290 g/mol. The molecule has 2 rings (SSSR count). The number of nitrogens with zero attached hydrogens (tertiary/aromatic N) is 1. The summed E-state index contributed by atoms with van der Waals surface area (Å²) in [5.74, 6) is 0.902. The molecule has 1 atom stereocenters. The van der Waals surface area contributed by atoms with Crippen LogP contribution < -0.4 is 10.1 Å². The molecule has 0 saturated heterocycles. The van der Waals surface area contributed by atoms with Gasteiger partial charge in [0.1, 0.15) is 10.8 Å². The van der Waals surface area contributed by atoms with Crippen molar-refractivity contribution in [1.29, 1.82) is 0 Å². The predicted octanol–water partition coefficient (Wildman–Crippen LogP) is 4.27. The lowest BCUT2D eigenvalue weighted by Crippen LogP contribution is -2.18. The van der Waals surface area contributed by atoms with Gasteiger partial charge in [0.25, 0.3) is 0 Å². The molecule has 20 heavy (non-hydrogen) atoms. The van der Waals surface area contributed by atoms with Crippen LogP contribution in [0.25, 0.3) is 10.6 Å². The Balaban J connectivity index is 2.13. The minimum Gasteiger partial charge on any atom is -0.494 e. The van der Waals surface area contributed by atoms with Crippen LogP contribution in [0.2, 0.25) is 0 Å². The first-order valence-electron chi connectivity index (χ1n) is 7.17. The number of nitrogens with one attached hydrogen (secondary N) is 1. The van der Waals surface area contributed by atoms with Crippen LogP contribution in [0, 0.1) is 0 Å². The maximum atomic E-state index is 5.54. The third-order valence-corrected chi connectivity index (χ3v) is 4.27. The fraction of sp³-hybridized carbons (Fsp3) is 0.438. The van der Waals surface area contributed by atoms with E-state index in [0.717, 1.165) is 29.3 Å². The maximum absolute atomic E-state index is 5.54. The lowest BCUT2D eigenvalue weighted by molar-refractivity contribution is 0.340. The van der Waals surface area contributed by atoms with Crippen LogP contribution in [-0.4, -0.2) is 18.1 Å². The maximum Gasteiger partial charge on any atom is 0.123 e. The minimum atomic E-state index is 0.358. The Kier molecular flexibility index (Phi) is 5.56. The Hall–Kier alpha value is -1.39. The van der Waals surface area contributed by atoms with E-state index in [9.17, 15) is 0 Å². The molecule has 4 heteroatoms. The zero-order valence-corrected chi connectivity index (χ0v) is 13.2. The molecule has 0 aliphatic carbocycles. The summed E-state index contributed by atoms with van der Waals surface area (Å²) in [5, 5.41) is 4.54. The topological polar surface area (TPSA) is 34.2 Å². The van der Waals surface area contributed by atoms with Crippen molar-refractivity contribution in [2.24, 2.45) is 0 Å². The van der Waals surface area contributed by atoms with Gasteiger partial charge in [0.2, 0.25) is 0 Å². The average molecular weight is 290 g/mol. The highest BCUT2D eigenvalue weighted by molar-refractivity contribution is 7.15. The van der Waals surface area contributed by atoms with Crippen LogP contribution in [-0.2, 0) is 0 Å². The predicted molar refractivity (Wildman–Crippen MR) is 85.4 cm³/mol. The molecule has 108 valence electrons. The molecular formula is C16H22N2OS. The van der Waals surface area contributed by atoms with Crippen molar-refractivity contribution >= 4 is 11.3 Å².